The third-order valence-corrected chi connectivity index (χ3v) is 4.23. The minimum absolute atomic E-state index is 0.00867. The van der Waals surface area contributed by atoms with Crippen molar-refractivity contribution in [3.05, 3.63) is 65.1 Å². The van der Waals surface area contributed by atoms with Crippen molar-refractivity contribution in [2.45, 2.75) is 26.8 Å². The number of rotatable bonds is 5. The molecule has 1 heterocycles. The number of nitrogens with one attached hydrogen (secondary N) is 1. The van der Waals surface area contributed by atoms with Crippen LogP contribution < -0.4 is 5.32 Å². The Morgan fingerprint density at radius 2 is 2.08 bits per heavy atom. The molecule has 0 fully saturated rings. The van der Waals surface area contributed by atoms with Crippen LogP contribution in [0.25, 0.3) is 10.9 Å². The molecule has 0 bridgehead atoms. The summed E-state index contributed by atoms with van der Waals surface area (Å²) in [5.74, 6) is -0.816. The molecule has 1 N–H and O–H groups in total. The molecule has 5 heteroatoms. The van der Waals surface area contributed by atoms with E-state index in [1.165, 1.54) is 6.07 Å². The Kier molecular flexibility index (Phi) is 4.65. The molecule has 3 rings (SSSR count). The zero-order valence-corrected chi connectivity index (χ0v) is 14.2. The number of carbonyl (C=O) groups is 2. The van der Waals surface area contributed by atoms with Gasteiger partial charge in [0.15, 0.2) is 6.29 Å². The van der Waals surface area contributed by atoms with Gasteiger partial charge in [-0.25, -0.2) is 4.39 Å². The first kappa shape index (κ1) is 16.9. The number of hydrogen-bond donors (Lipinski definition) is 1. The molecule has 0 spiro atoms. The maximum atomic E-state index is 13.8. The topological polar surface area (TPSA) is 51.1 Å². The summed E-state index contributed by atoms with van der Waals surface area (Å²) in [5.41, 5.74) is 3.49. The number of hydrogen-bond acceptors (Lipinski definition) is 2. The second-order valence-electron chi connectivity index (χ2n) is 6.03. The van der Waals surface area contributed by atoms with Gasteiger partial charge in [-0.05, 0) is 36.6 Å². The Morgan fingerprint density at radius 1 is 1.28 bits per heavy atom. The maximum Gasteiger partial charge on any atom is 0.244 e. The van der Waals surface area contributed by atoms with E-state index >= 15 is 0 Å². The fourth-order valence-electron chi connectivity index (χ4n) is 3.05. The molecule has 1 aromatic heterocycles. The summed E-state index contributed by atoms with van der Waals surface area (Å²) < 4.78 is 15.6. The van der Waals surface area contributed by atoms with Crippen LogP contribution >= 0.6 is 0 Å². The van der Waals surface area contributed by atoms with Gasteiger partial charge < -0.3 is 9.88 Å². The first-order valence-electron chi connectivity index (χ1n) is 8.15. The summed E-state index contributed by atoms with van der Waals surface area (Å²) in [5, 5.41) is 3.43. The number of anilines is 1. The normalized spacial score (nSPS) is 10.8. The molecule has 0 atom stereocenters. The van der Waals surface area contributed by atoms with E-state index in [0.717, 1.165) is 34.7 Å². The van der Waals surface area contributed by atoms with Crippen molar-refractivity contribution in [3.63, 3.8) is 0 Å². The van der Waals surface area contributed by atoms with E-state index in [2.05, 4.69) is 5.32 Å². The van der Waals surface area contributed by atoms with Crippen LogP contribution in [0.3, 0.4) is 0 Å². The molecule has 4 nitrogen and oxygen atoms in total. The summed E-state index contributed by atoms with van der Waals surface area (Å²) in [7, 11) is 0. The van der Waals surface area contributed by atoms with Crippen molar-refractivity contribution in [2.75, 3.05) is 5.32 Å². The highest BCUT2D eigenvalue weighted by atomic mass is 19.1. The van der Waals surface area contributed by atoms with Crippen LogP contribution in [0.5, 0.6) is 0 Å². The van der Waals surface area contributed by atoms with Crippen molar-refractivity contribution in [2.24, 2.45) is 0 Å². The van der Waals surface area contributed by atoms with Gasteiger partial charge >= 0.3 is 0 Å². The first-order valence-corrected chi connectivity index (χ1v) is 8.15. The second-order valence-corrected chi connectivity index (χ2v) is 6.03. The summed E-state index contributed by atoms with van der Waals surface area (Å²) in [6.45, 7) is 3.86. The average Bonchev–Trinajstić information content (AvgIpc) is 2.96. The standard InChI is InChI=1S/C20H19FN2O2/c1-3-14-5-4-6-16-15(12-24)10-23(20(14)16)11-19(25)22-18-9-13(2)7-8-17(18)21/h4-10,12H,3,11H2,1-2H3,(H,22,25). The van der Waals surface area contributed by atoms with Gasteiger partial charge in [-0.15, -0.1) is 0 Å². The van der Waals surface area contributed by atoms with Crippen molar-refractivity contribution in [3.8, 4) is 0 Å². The van der Waals surface area contributed by atoms with Gasteiger partial charge in [0.25, 0.3) is 0 Å². The van der Waals surface area contributed by atoms with Gasteiger partial charge in [0, 0.05) is 17.1 Å². The molecule has 0 saturated heterocycles. The predicted molar refractivity (Wildman–Crippen MR) is 96.5 cm³/mol. The minimum atomic E-state index is -0.473. The Bertz CT molecular complexity index is 960. The Labute approximate surface area is 145 Å². The molecular formula is C20H19FN2O2. The van der Waals surface area contributed by atoms with E-state index in [1.807, 2.05) is 32.0 Å². The number of benzene rings is 2. The molecule has 2 aromatic carbocycles. The van der Waals surface area contributed by atoms with Gasteiger partial charge in [0.2, 0.25) is 5.91 Å². The molecule has 3 aromatic rings. The van der Waals surface area contributed by atoms with Crippen molar-refractivity contribution >= 4 is 28.8 Å². The third-order valence-electron chi connectivity index (χ3n) is 4.23. The molecular weight excluding hydrogens is 319 g/mol. The molecule has 1 amide bonds. The second kappa shape index (κ2) is 6.89. The Balaban J connectivity index is 1.93. The average molecular weight is 338 g/mol. The quantitative estimate of drug-likeness (QED) is 0.712. The molecule has 0 saturated carbocycles. The van der Waals surface area contributed by atoms with Crippen LogP contribution in [0.15, 0.2) is 42.6 Å². The van der Waals surface area contributed by atoms with E-state index in [0.29, 0.717) is 5.56 Å². The van der Waals surface area contributed by atoms with Crippen molar-refractivity contribution in [1.29, 1.82) is 0 Å². The van der Waals surface area contributed by atoms with E-state index in [4.69, 9.17) is 0 Å². The minimum Gasteiger partial charge on any atom is -0.337 e. The van der Waals surface area contributed by atoms with E-state index in [9.17, 15) is 14.0 Å². The number of carbonyl (C=O) groups excluding carboxylic acids is 2. The number of halogens is 1. The van der Waals surface area contributed by atoms with Gasteiger partial charge in [-0.2, -0.15) is 0 Å². The highest BCUT2D eigenvalue weighted by molar-refractivity contribution is 6.00. The molecule has 0 aliphatic carbocycles. The van der Waals surface area contributed by atoms with Gasteiger partial charge in [-0.1, -0.05) is 31.2 Å². The zero-order valence-electron chi connectivity index (χ0n) is 14.2. The Hall–Kier alpha value is -2.95. The van der Waals surface area contributed by atoms with Gasteiger partial charge in [0.05, 0.1) is 11.2 Å². The van der Waals surface area contributed by atoms with Crippen molar-refractivity contribution < 1.29 is 14.0 Å². The number of aldehydes is 1. The lowest BCUT2D eigenvalue weighted by molar-refractivity contribution is -0.116. The smallest absolute Gasteiger partial charge is 0.244 e. The maximum absolute atomic E-state index is 13.8. The predicted octanol–water partition coefficient (Wildman–Crippen LogP) is 4.10. The molecule has 128 valence electrons. The fourth-order valence-corrected chi connectivity index (χ4v) is 3.05. The van der Waals surface area contributed by atoms with E-state index in [1.54, 1.807) is 22.9 Å². The van der Waals surface area contributed by atoms with E-state index < -0.39 is 5.82 Å². The van der Waals surface area contributed by atoms with Crippen LogP contribution in [0, 0.1) is 12.7 Å². The van der Waals surface area contributed by atoms with Crippen LogP contribution in [0.1, 0.15) is 28.4 Å². The Morgan fingerprint density at radius 3 is 2.80 bits per heavy atom. The van der Waals surface area contributed by atoms with Crippen LogP contribution in [-0.4, -0.2) is 16.8 Å². The number of amides is 1. The zero-order chi connectivity index (χ0) is 18.0. The monoisotopic (exact) mass is 338 g/mol. The SMILES string of the molecule is CCc1cccc2c(C=O)cn(CC(=O)Nc3cc(C)ccc3F)c12. The summed E-state index contributed by atoms with van der Waals surface area (Å²) >= 11 is 0. The summed E-state index contributed by atoms with van der Waals surface area (Å²) in [4.78, 5) is 23.7. The lowest BCUT2D eigenvalue weighted by atomic mass is 10.1. The highest BCUT2D eigenvalue weighted by Crippen LogP contribution is 2.25. The van der Waals surface area contributed by atoms with Crippen LogP contribution in [0.2, 0.25) is 0 Å². The van der Waals surface area contributed by atoms with Gasteiger partial charge in [-0.3, -0.25) is 9.59 Å². The third kappa shape index (κ3) is 3.31. The molecule has 0 aliphatic rings. The highest BCUT2D eigenvalue weighted by Gasteiger charge is 2.14. The molecule has 25 heavy (non-hydrogen) atoms. The molecule has 0 radical (unpaired) electrons. The van der Waals surface area contributed by atoms with Crippen LogP contribution in [0.4, 0.5) is 10.1 Å². The number of nitrogens with zero attached hydrogens (tertiary/aromatic N) is 1. The lowest BCUT2D eigenvalue weighted by Gasteiger charge is -2.10. The van der Waals surface area contributed by atoms with Crippen molar-refractivity contribution in [1.82, 2.24) is 4.57 Å². The number of para-hydroxylation sites is 1. The lowest BCUT2D eigenvalue weighted by Crippen LogP contribution is -2.19. The fraction of sp³-hybridized carbons (Fsp3) is 0.200. The molecule has 0 aliphatic heterocycles. The number of aromatic nitrogens is 1. The summed E-state index contributed by atoms with van der Waals surface area (Å²) in [6, 6.07) is 10.3. The number of fused-ring (bicyclic) bond motifs is 1. The van der Waals surface area contributed by atoms with E-state index in [-0.39, 0.29) is 18.1 Å². The van der Waals surface area contributed by atoms with Crippen LogP contribution in [-0.2, 0) is 17.8 Å². The first-order chi connectivity index (χ1) is 12.0. The number of aryl methyl sites for hydroxylation is 2. The largest absolute Gasteiger partial charge is 0.337 e. The molecule has 0 unspecified atom stereocenters. The van der Waals surface area contributed by atoms with Gasteiger partial charge in [0.1, 0.15) is 12.4 Å². The summed E-state index contributed by atoms with van der Waals surface area (Å²) in [6.07, 6.45) is 3.24.